The molecule has 3 aliphatic rings. The summed E-state index contributed by atoms with van der Waals surface area (Å²) in [5, 5.41) is 7.57. The van der Waals surface area contributed by atoms with Crippen LogP contribution in [0.15, 0.2) is 71.9 Å². The lowest BCUT2D eigenvalue weighted by molar-refractivity contribution is -0.140. The second kappa shape index (κ2) is 8.82. The summed E-state index contributed by atoms with van der Waals surface area (Å²) < 4.78 is 17.4. The third kappa shape index (κ3) is 3.54. The molecule has 3 aromatic carbocycles. The number of methoxy groups -OCH3 is 2. The molecular formula is C29H26N2O5. The van der Waals surface area contributed by atoms with Gasteiger partial charge in [0.25, 0.3) is 11.8 Å². The normalized spacial score (nSPS) is 24.2. The molecule has 1 heterocycles. The van der Waals surface area contributed by atoms with Gasteiger partial charge in [0.1, 0.15) is 6.61 Å². The fourth-order valence-corrected chi connectivity index (χ4v) is 5.81. The molecule has 7 heteroatoms. The van der Waals surface area contributed by atoms with Crippen molar-refractivity contribution in [2.45, 2.75) is 13.0 Å². The number of hydrogen-bond donors (Lipinski definition) is 0. The lowest BCUT2D eigenvalue weighted by atomic mass is 9.85. The predicted molar refractivity (Wildman–Crippen MR) is 135 cm³/mol. The Bertz CT molecular complexity index is 1370. The number of ether oxygens (including phenoxy) is 3. The van der Waals surface area contributed by atoms with Crippen LogP contribution in [0.25, 0.3) is 10.8 Å². The molecule has 2 amide bonds. The minimum absolute atomic E-state index is 0.148. The van der Waals surface area contributed by atoms with E-state index < -0.39 is 0 Å². The fourth-order valence-electron chi connectivity index (χ4n) is 5.81. The van der Waals surface area contributed by atoms with E-state index in [1.165, 1.54) is 6.21 Å². The molecule has 1 saturated carbocycles. The number of carbonyl (C=O) groups excluding carboxylic acids is 2. The van der Waals surface area contributed by atoms with E-state index in [9.17, 15) is 9.59 Å². The zero-order chi connectivity index (χ0) is 24.8. The number of benzene rings is 3. The number of rotatable bonds is 7. The van der Waals surface area contributed by atoms with Gasteiger partial charge in [0, 0.05) is 5.56 Å². The van der Waals surface area contributed by atoms with Crippen molar-refractivity contribution in [1.82, 2.24) is 5.01 Å². The summed E-state index contributed by atoms with van der Waals surface area (Å²) in [6.07, 6.45) is 6.51. The van der Waals surface area contributed by atoms with Gasteiger partial charge < -0.3 is 14.2 Å². The first kappa shape index (κ1) is 22.3. The average molecular weight is 483 g/mol. The van der Waals surface area contributed by atoms with Crippen LogP contribution in [0.3, 0.4) is 0 Å². The van der Waals surface area contributed by atoms with Crippen LogP contribution in [-0.2, 0) is 16.2 Å². The molecule has 0 aromatic heterocycles. The maximum absolute atomic E-state index is 12.9. The van der Waals surface area contributed by atoms with Gasteiger partial charge in [0.05, 0.1) is 32.3 Å². The van der Waals surface area contributed by atoms with Crippen molar-refractivity contribution in [2.24, 2.45) is 28.8 Å². The van der Waals surface area contributed by atoms with Gasteiger partial charge in [0.15, 0.2) is 11.5 Å². The van der Waals surface area contributed by atoms with Gasteiger partial charge >= 0.3 is 0 Å². The number of hydrazone groups is 1. The van der Waals surface area contributed by atoms with Gasteiger partial charge in [-0.25, -0.2) is 0 Å². The van der Waals surface area contributed by atoms with E-state index in [0.717, 1.165) is 27.8 Å². The number of amides is 2. The summed E-state index contributed by atoms with van der Waals surface area (Å²) in [6, 6.07) is 17.8. The maximum Gasteiger partial charge on any atom is 0.254 e. The quantitative estimate of drug-likeness (QED) is 0.280. The number of hydrogen-bond acceptors (Lipinski definition) is 6. The maximum atomic E-state index is 12.9. The topological polar surface area (TPSA) is 77.4 Å². The van der Waals surface area contributed by atoms with Crippen molar-refractivity contribution in [3.63, 3.8) is 0 Å². The minimum atomic E-state index is -0.279. The number of fused-ring (bicyclic) bond motifs is 6. The van der Waals surface area contributed by atoms with Crippen LogP contribution in [0, 0.1) is 23.7 Å². The third-order valence-corrected chi connectivity index (χ3v) is 7.50. The van der Waals surface area contributed by atoms with E-state index in [0.29, 0.717) is 29.4 Å². The molecular weight excluding hydrogens is 456 g/mol. The third-order valence-electron chi connectivity index (χ3n) is 7.50. The Morgan fingerprint density at radius 1 is 0.917 bits per heavy atom. The van der Waals surface area contributed by atoms with Crippen molar-refractivity contribution in [3.05, 3.63) is 77.9 Å². The first-order chi connectivity index (χ1) is 17.6. The first-order valence-electron chi connectivity index (χ1n) is 12.0. The van der Waals surface area contributed by atoms with E-state index in [-0.39, 0.29) is 35.5 Å². The van der Waals surface area contributed by atoms with Crippen molar-refractivity contribution >= 4 is 28.8 Å². The summed E-state index contributed by atoms with van der Waals surface area (Å²) in [5.74, 6) is 0.709. The standard InChI is InChI=1S/C29H26N2O5/c1-34-23-12-17(15-30-31-28(32)25-19-10-11-20(14-19)26(25)29(31)33)13-24(35-2)27(23)36-16-21-8-5-7-18-6-3-4-9-22(18)21/h3-13,15,19-20,25-26H,14,16H2,1-2H3/t19-,20-,25-,26+/m0/s1. The van der Waals surface area contributed by atoms with E-state index in [1.54, 1.807) is 26.4 Å². The van der Waals surface area contributed by atoms with Crippen LogP contribution in [0.2, 0.25) is 0 Å². The average Bonchev–Trinajstić information content (AvgIpc) is 3.60. The van der Waals surface area contributed by atoms with Crippen molar-refractivity contribution in [3.8, 4) is 17.2 Å². The number of nitrogens with zero attached hydrogens (tertiary/aromatic N) is 2. The number of carbonyl (C=O) groups is 2. The Morgan fingerprint density at radius 2 is 1.56 bits per heavy atom. The molecule has 2 fully saturated rings. The zero-order valence-corrected chi connectivity index (χ0v) is 20.1. The Hall–Kier alpha value is -4.13. The number of imide groups is 1. The molecule has 3 aromatic rings. The summed E-state index contributed by atoms with van der Waals surface area (Å²) >= 11 is 0. The molecule has 0 unspecified atom stereocenters. The SMILES string of the molecule is COc1cc(C=NN2C(=O)[C@@H]3[C@H](C2=O)[C@H]2C=C[C@H]3C2)cc(OC)c1OCc1cccc2ccccc12. The van der Waals surface area contributed by atoms with Gasteiger partial charge in [-0.05, 0) is 46.7 Å². The lowest BCUT2D eigenvalue weighted by Crippen LogP contribution is -2.28. The molecule has 7 nitrogen and oxygen atoms in total. The van der Waals surface area contributed by atoms with Crippen LogP contribution in [0.5, 0.6) is 17.2 Å². The van der Waals surface area contributed by atoms with E-state index in [1.807, 2.05) is 24.3 Å². The molecule has 36 heavy (non-hydrogen) atoms. The summed E-state index contributed by atoms with van der Waals surface area (Å²) in [6.45, 7) is 0.331. The molecule has 1 saturated heterocycles. The van der Waals surface area contributed by atoms with Crippen molar-refractivity contribution in [1.29, 1.82) is 0 Å². The Morgan fingerprint density at radius 3 is 2.22 bits per heavy atom. The van der Waals surface area contributed by atoms with Gasteiger partial charge in [-0.1, -0.05) is 54.6 Å². The molecule has 2 bridgehead atoms. The summed E-state index contributed by atoms with van der Waals surface area (Å²) in [4.78, 5) is 25.8. The molecule has 6 rings (SSSR count). The molecule has 1 aliphatic heterocycles. The lowest BCUT2D eigenvalue weighted by Gasteiger charge is -2.16. The molecule has 0 radical (unpaired) electrons. The van der Waals surface area contributed by atoms with Crippen LogP contribution in [-0.4, -0.2) is 37.3 Å². The zero-order valence-electron chi connectivity index (χ0n) is 20.1. The highest BCUT2D eigenvalue weighted by molar-refractivity contribution is 6.06. The van der Waals surface area contributed by atoms with Crippen LogP contribution >= 0.6 is 0 Å². The summed E-state index contributed by atoms with van der Waals surface area (Å²) in [7, 11) is 3.11. The van der Waals surface area contributed by atoms with Gasteiger partial charge in [0.2, 0.25) is 5.75 Å². The van der Waals surface area contributed by atoms with Crippen molar-refractivity contribution < 1.29 is 23.8 Å². The van der Waals surface area contributed by atoms with Crippen molar-refractivity contribution in [2.75, 3.05) is 14.2 Å². The Balaban J connectivity index is 1.24. The van der Waals surface area contributed by atoms with Crippen LogP contribution < -0.4 is 14.2 Å². The smallest absolute Gasteiger partial charge is 0.254 e. The molecule has 0 N–H and O–H groups in total. The monoisotopic (exact) mass is 482 g/mol. The van der Waals surface area contributed by atoms with Gasteiger partial charge in [-0.2, -0.15) is 10.1 Å². The van der Waals surface area contributed by atoms with E-state index in [4.69, 9.17) is 14.2 Å². The van der Waals surface area contributed by atoms with Crippen LogP contribution in [0.4, 0.5) is 0 Å². The number of allylic oxidation sites excluding steroid dienone is 2. The highest BCUT2D eigenvalue weighted by atomic mass is 16.5. The summed E-state index contributed by atoms with van der Waals surface area (Å²) in [5.41, 5.74) is 1.67. The molecule has 0 spiro atoms. The van der Waals surface area contributed by atoms with E-state index >= 15 is 0 Å². The van der Waals surface area contributed by atoms with Gasteiger partial charge in [-0.15, -0.1) is 0 Å². The Labute approximate surface area is 208 Å². The minimum Gasteiger partial charge on any atom is -0.493 e. The largest absolute Gasteiger partial charge is 0.493 e. The van der Waals surface area contributed by atoms with Gasteiger partial charge in [-0.3, -0.25) is 9.59 Å². The highest BCUT2D eigenvalue weighted by Gasteiger charge is 2.59. The fraction of sp³-hybridized carbons (Fsp3) is 0.276. The van der Waals surface area contributed by atoms with E-state index in [2.05, 4.69) is 35.5 Å². The predicted octanol–water partition coefficient (Wildman–Crippen LogP) is 4.58. The first-order valence-corrected chi connectivity index (χ1v) is 12.0. The second-order valence-electron chi connectivity index (χ2n) is 9.41. The molecule has 182 valence electrons. The Kier molecular flexibility index (Phi) is 5.48. The highest BCUT2D eigenvalue weighted by Crippen LogP contribution is 2.52. The van der Waals surface area contributed by atoms with Crippen LogP contribution in [0.1, 0.15) is 17.5 Å². The molecule has 4 atom stereocenters. The molecule has 2 aliphatic carbocycles. The second-order valence-corrected chi connectivity index (χ2v) is 9.41.